The van der Waals surface area contributed by atoms with E-state index in [0.717, 1.165) is 4.68 Å². The topological polar surface area (TPSA) is 85.8 Å². The van der Waals surface area contributed by atoms with Gasteiger partial charge in [0.25, 0.3) is 5.56 Å². The van der Waals surface area contributed by atoms with Crippen LogP contribution in [0.4, 0.5) is 11.6 Å². The molecule has 3 N–H and O–H groups in total. The number of aryl methyl sites for hydroxylation is 1. The van der Waals surface area contributed by atoms with E-state index in [9.17, 15) is 4.79 Å². The zero-order valence-corrected chi connectivity index (χ0v) is 10.8. The maximum absolute atomic E-state index is 11.6. The van der Waals surface area contributed by atoms with Gasteiger partial charge in [-0.05, 0) is 25.1 Å². The minimum absolute atomic E-state index is 0.0924. The van der Waals surface area contributed by atoms with Crippen molar-refractivity contribution in [1.82, 2.24) is 14.9 Å². The standard InChI is InChI=1S/C10H9Cl2N5O/c1-5-9(18)17(13)10(16-15-5)14-8-3-2-6(11)4-7(8)12/h2-4H,13H2,1H3,(H,14,16). The molecule has 2 aromatic rings. The van der Waals surface area contributed by atoms with Gasteiger partial charge in [-0.3, -0.25) is 4.79 Å². The molecule has 0 aliphatic heterocycles. The number of nitrogens with zero attached hydrogens (tertiary/aromatic N) is 3. The van der Waals surface area contributed by atoms with Crippen LogP contribution in [0.5, 0.6) is 0 Å². The van der Waals surface area contributed by atoms with E-state index in [0.29, 0.717) is 15.7 Å². The lowest BCUT2D eigenvalue weighted by atomic mass is 10.3. The molecule has 0 aliphatic carbocycles. The van der Waals surface area contributed by atoms with Crippen molar-refractivity contribution in [2.45, 2.75) is 6.92 Å². The van der Waals surface area contributed by atoms with Crippen LogP contribution in [0, 0.1) is 6.92 Å². The molecule has 18 heavy (non-hydrogen) atoms. The molecule has 8 heteroatoms. The number of anilines is 2. The van der Waals surface area contributed by atoms with Crippen molar-refractivity contribution in [2.24, 2.45) is 0 Å². The van der Waals surface area contributed by atoms with Crippen LogP contribution in [0.25, 0.3) is 0 Å². The number of rotatable bonds is 2. The molecule has 0 amide bonds. The predicted molar refractivity (Wildman–Crippen MR) is 70.9 cm³/mol. The Morgan fingerprint density at radius 1 is 1.33 bits per heavy atom. The summed E-state index contributed by atoms with van der Waals surface area (Å²) in [7, 11) is 0. The smallest absolute Gasteiger partial charge is 0.295 e. The monoisotopic (exact) mass is 285 g/mol. The molecule has 0 saturated heterocycles. The number of hydrogen-bond donors (Lipinski definition) is 2. The van der Waals surface area contributed by atoms with E-state index in [1.54, 1.807) is 18.2 Å². The maximum atomic E-state index is 11.6. The third-order valence-electron chi connectivity index (χ3n) is 2.23. The van der Waals surface area contributed by atoms with Gasteiger partial charge in [-0.2, -0.15) is 4.68 Å². The Bertz CT molecular complexity index is 655. The molecule has 0 unspecified atom stereocenters. The zero-order valence-electron chi connectivity index (χ0n) is 9.32. The molecule has 0 radical (unpaired) electrons. The Kier molecular flexibility index (Phi) is 3.40. The molecular weight excluding hydrogens is 277 g/mol. The summed E-state index contributed by atoms with van der Waals surface area (Å²) in [6, 6.07) is 4.86. The van der Waals surface area contributed by atoms with Crippen LogP contribution in [0.15, 0.2) is 23.0 Å². The summed E-state index contributed by atoms with van der Waals surface area (Å²) in [5.74, 6) is 5.67. The van der Waals surface area contributed by atoms with Gasteiger partial charge in [-0.25, -0.2) is 0 Å². The molecule has 0 fully saturated rings. The number of nitrogens with one attached hydrogen (secondary N) is 1. The van der Waals surface area contributed by atoms with Crippen LogP contribution < -0.4 is 16.7 Å². The van der Waals surface area contributed by atoms with Crippen molar-refractivity contribution in [3.05, 3.63) is 44.3 Å². The molecule has 0 aliphatic rings. The van der Waals surface area contributed by atoms with E-state index in [1.807, 2.05) is 0 Å². The zero-order chi connectivity index (χ0) is 13.3. The normalized spacial score (nSPS) is 10.4. The molecule has 0 bridgehead atoms. The van der Waals surface area contributed by atoms with Gasteiger partial charge in [-0.15, -0.1) is 10.2 Å². The Morgan fingerprint density at radius 2 is 2.06 bits per heavy atom. The highest BCUT2D eigenvalue weighted by molar-refractivity contribution is 6.36. The predicted octanol–water partition coefficient (Wildman–Crippen LogP) is 1.71. The quantitative estimate of drug-likeness (QED) is 0.821. The molecule has 1 heterocycles. The Labute approximate surface area is 112 Å². The molecule has 94 valence electrons. The molecule has 6 nitrogen and oxygen atoms in total. The largest absolute Gasteiger partial charge is 0.333 e. The van der Waals surface area contributed by atoms with Gasteiger partial charge < -0.3 is 11.2 Å². The van der Waals surface area contributed by atoms with Crippen molar-refractivity contribution >= 4 is 34.8 Å². The van der Waals surface area contributed by atoms with Crippen LogP contribution >= 0.6 is 23.2 Å². The average molecular weight is 286 g/mol. The summed E-state index contributed by atoms with van der Waals surface area (Å²) in [5.41, 5.74) is 0.306. The lowest BCUT2D eigenvalue weighted by Crippen LogP contribution is -2.32. The molecule has 2 rings (SSSR count). The second-order valence-corrected chi connectivity index (χ2v) is 4.38. The first-order valence-electron chi connectivity index (χ1n) is 4.92. The first-order valence-corrected chi connectivity index (χ1v) is 5.68. The molecule has 1 aromatic carbocycles. The average Bonchev–Trinajstić information content (AvgIpc) is 2.33. The van der Waals surface area contributed by atoms with Crippen LogP contribution in [-0.2, 0) is 0 Å². The summed E-state index contributed by atoms with van der Waals surface area (Å²) in [5, 5.41) is 11.2. The molecular formula is C10H9Cl2N5O. The van der Waals surface area contributed by atoms with Crippen molar-refractivity contribution in [3.63, 3.8) is 0 Å². The van der Waals surface area contributed by atoms with Gasteiger partial charge in [0.15, 0.2) is 0 Å². The van der Waals surface area contributed by atoms with Crippen LogP contribution in [-0.4, -0.2) is 14.9 Å². The van der Waals surface area contributed by atoms with Gasteiger partial charge >= 0.3 is 0 Å². The summed E-state index contributed by atoms with van der Waals surface area (Å²) >= 11 is 11.8. The van der Waals surface area contributed by atoms with Crippen LogP contribution in [0.1, 0.15) is 5.69 Å². The molecule has 0 saturated carbocycles. The Balaban J connectivity index is 2.40. The Hall–Kier alpha value is -1.79. The number of halogens is 2. The van der Waals surface area contributed by atoms with Crippen molar-refractivity contribution in [1.29, 1.82) is 0 Å². The Morgan fingerprint density at radius 3 is 2.72 bits per heavy atom. The van der Waals surface area contributed by atoms with Crippen LogP contribution in [0.2, 0.25) is 10.0 Å². The van der Waals surface area contributed by atoms with Gasteiger partial charge in [-0.1, -0.05) is 23.2 Å². The summed E-state index contributed by atoms with van der Waals surface area (Å²) < 4.78 is 0.868. The van der Waals surface area contributed by atoms with E-state index in [2.05, 4.69) is 15.5 Å². The molecule has 1 aromatic heterocycles. The van der Waals surface area contributed by atoms with Crippen LogP contribution in [0.3, 0.4) is 0 Å². The number of benzene rings is 1. The van der Waals surface area contributed by atoms with E-state index >= 15 is 0 Å². The van der Waals surface area contributed by atoms with E-state index in [4.69, 9.17) is 29.0 Å². The maximum Gasteiger partial charge on any atom is 0.295 e. The lowest BCUT2D eigenvalue weighted by molar-refractivity contribution is 0.808. The lowest BCUT2D eigenvalue weighted by Gasteiger charge is -2.10. The third kappa shape index (κ3) is 2.39. The molecule has 0 spiro atoms. The second kappa shape index (κ2) is 4.83. The highest BCUT2D eigenvalue weighted by Crippen LogP contribution is 2.26. The minimum atomic E-state index is -0.433. The fourth-order valence-corrected chi connectivity index (χ4v) is 1.74. The number of hydrogen-bond acceptors (Lipinski definition) is 5. The highest BCUT2D eigenvalue weighted by atomic mass is 35.5. The van der Waals surface area contributed by atoms with E-state index < -0.39 is 5.56 Å². The number of nitrogen functional groups attached to an aromatic ring is 1. The number of aromatic nitrogens is 3. The van der Waals surface area contributed by atoms with Gasteiger partial charge in [0.05, 0.1) is 10.7 Å². The summed E-state index contributed by atoms with van der Waals surface area (Å²) in [6.45, 7) is 1.53. The van der Waals surface area contributed by atoms with Gasteiger partial charge in [0.1, 0.15) is 5.69 Å². The summed E-state index contributed by atoms with van der Waals surface area (Å²) in [6.07, 6.45) is 0. The van der Waals surface area contributed by atoms with Crippen molar-refractivity contribution in [2.75, 3.05) is 11.2 Å². The van der Waals surface area contributed by atoms with Crippen molar-refractivity contribution in [3.8, 4) is 0 Å². The van der Waals surface area contributed by atoms with Crippen molar-refractivity contribution < 1.29 is 0 Å². The van der Waals surface area contributed by atoms with Gasteiger partial charge in [0, 0.05) is 5.02 Å². The fraction of sp³-hybridized carbons (Fsp3) is 0.100. The number of nitrogens with two attached hydrogens (primary N) is 1. The van der Waals surface area contributed by atoms with E-state index in [1.165, 1.54) is 6.92 Å². The fourth-order valence-electron chi connectivity index (χ4n) is 1.28. The SMILES string of the molecule is Cc1nnc(Nc2ccc(Cl)cc2Cl)n(N)c1=O. The van der Waals surface area contributed by atoms with Gasteiger partial charge in [0.2, 0.25) is 5.95 Å². The molecule has 0 atom stereocenters. The second-order valence-electron chi connectivity index (χ2n) is 3.53. The summed E-state index contributed by atoms with van der Waals surface area (Å²) in [4.78, 5) is 11.6. The van der Waals surface area contributed by atoms with E-state index in [-0.39, 0.29) is 11.6 Å². The highest BCUT2D eigenvalue weighted by Gasteiger charge is 2.08. The third-order valence-corrected chi connectivity index (χ3v) is 2.78. The first-order chi connectivity index (χ1) is 8.49. The minimum Gasteiger partial charge on any atom is -0.333 e. The first kappa shape index (κ1) is 12.7.